The van der Waals surface area contributed by atoms with Crippen molar-refractivity contribution in [3.05, 3.63) is 0 Å². The van der Waals surface area contributed by atoms with Gasteiger partial charge >= 0.3 is 6.03 Å². The molecule has 0 aromatic carbocycles. The molecule has 0 aromatic rings. The van der Waals surface area contributed by atoms with Gasteiger partial charge < -0.3 is 10.6 Å². The fraction of sp³-hybridized carbons (Fsp3) is 0.900. The van der Waals surface area contributed by atoms with Gasteiger partial charge in [0.05, 0.1) is 6.04 Å². The summed E-state index contributed by atoms with van der Waals surface area (Å²) in [4.78, 5) is 11.0. The molecule has 1 saturated heterocycles. The zero-order valence-corrected chi connectivity index (χ0v) is 9.81. The normalized spacial score (nSPS) is 28.4. The third kappa shape index (κ3) is 3.40. The topological polar surface area (TPSA) is 41.1 Å². The molecule has 1 rings (SSSR count). The fourth-order valence-corrected chi connectivity index (χ4v) is 2.17. The van der Waals surface area contributed by atoms with Crippen molar-refractivity contribution in [2.45, 2.75) is 56.9 Å². The highest BCUT2D eigenvalue weighted by Crippen LogP contribution is 2.16. The molecule has 0 aromatic heterocycles. The molecule has 0 spiro atoms. The summed E-state index contributed by atoms with van der Waals surface area (Å²) >= 11 is 4.53. The summed E-state index contributed by atoms with van der Waals surface area (Å²) in [7, 11) is 0. The average molecular weight is 216 g/mol. The first-order valence-corrected chi connectivity index (χ1v) is 5.90. The summed E-state index contributed by atoms with van der Waals surface area (Å²) in [5.41, 5.74) is 0. The standard InChI is InChI=1S/C10H20N2OS/c1-3-4-5-8(14)6-9-7(2)11-10(13)12-9/h7-9,14H,3-6H2,1-2H3,(H2,11,12,13)/t7-,8?,9+/m0/s1. The van der Waals surface area contributed by atoms with Crippen LogP contribution in [-0.2, 0) is 0 Å². The van der Waals surface area contributed by atoms with Crippen LogP contribution in [0.5, 0.6) is 0 Å². The second-order valence-electron chi connectivity index (χ2n) is 4.04. The number of carbonyl (C=O) groups excluding carboxylic acids is 1. The minimum Gasteiger partial charge on any atom is -0.334 e. The molecule has 14 heavy (non-hydrogen) atoms. The van der Waals surface area contributed by atoms with E-state index in [1.165, 1.54) is 12.8 Å². The molecule has 3 atom stereocenters. The van der Waals surface area contributed by atoms with Gasteiger partial charge in [-0.3, -0.25) is 0 Å². The molecule has 1 heterocycles. The zero-order chi connectivity index (χ0) is 10.6. The minimum absolute atomic E-state index is 0.0430. The van der Waals surface area contributed by atoms with Gasteiger partial charge in [-0.2, -0.15) is 12.6 Å². The van der Waals surface area contributed by atoms with Gasteiger partial charge in [-0.25, -0.2) is 4.79 Å². The van der Waals surface area contributed by atoms with Crippen molar-refractivity contribution >= 4 is 18.7 Å². The average Bonchev–Trinajstić information content (AvgIpc) is 2.42. The molecule has 2 N–H and O–H groups in total. The van der Waals surface area contributed by atoms with E-state index in [4.69, 9.17) is 0 Å². The molecule has 0 saturated carbocycles. The Bertz CT molecular complexity index is 199. The van der Waals surface area contributed by atoms with Gasteiger partial charge in [-0.15, -0.1) is 0 Å². The number of carbonyl (C=O) groups is 1. The van der Waals surface area contributed by atoms with Crippen molar-refractivity contribution in [3.63, 3.8) is 0 Å². The van der Waals surface area contributed by atoms with E-state index in [1.54, 1.807) is 0 Å². The van der Waals surface area contributed by atoms with Crippen molar-refractivity contribution < 1.29 is 4.79 Å². The lowest BCUT2D eigenvalue weighted by Gasteiger charge is -2.18. The molecule has 1 unspecified atom stereocenters. The van der Waals surface area contributed by atoms with Gasteiger partial charge in [0.2, 0.25) is 0 Å². The number of amides is 2. The smallest absolute Gasteiger partial charge is 0.315 e. The van der Waals surface area contributed by atoms with Gasteiger partial charge in [-0.1, -0.05) is 19.8 Å². The number of unbranched alkanes of at least 4 members (excludes halogenated alkanes) is 1. The largest absolute Gasteiger partial charge is 0.334 e. The molecular formula is C10H20N2OS. The second kappa shape index (κ2) is 5.49. The van der Waals surface area contributed by atoms with Crippen LogP contribution >= 0.6 is 12.6 Å². The van der Waals surface area contributed by atoms with E-state index >= 15 is 0 Å². The molecule has 4 heteroatoms. The first-order chi connectivity index (χ1) is 6.63. The number of nitrogens with one attached hydrogen (secondary N) is 2. The van der Waals surface area contributed by atoms with E-state index in [0.717, 1.165) is 12.8 Å². The maximum atomic E-state index is 11.0. The van der Waals surface area contributed by atoms with Crippen molar-refractivity contribution in [1.82, 2.24) is 10.6 Å². The summed E-state index contributed by atoms with van der Waals surface area (Å²) in [5.74, 6) is 0. The summed E-state index contributed by atoms with van der Waals surface area (Å²) in [6, 6.07) is 0.444. The van der Waals surface area contributed by atoms with Gasteiger partial charge in [0.25, 0.3) is 0 Å². The summed E-state index contributed by atoms with van der Waals surface area (Å²) in [5, 5.41) is 6.16. The van der Waals surface area contributed by atoms with Crippen molar-refractivity contribution in [2.24, 2.45) is 0 Å². The maximum absolute atomic E-state index is 11.0. The minimum atomic E-state index is -0.0430. The molecule has 3 nitrogen and oxygen atoms in total. The van der Waals surface area contributed by atoms with E-state index in [-0.39, 0.29) is 18.1 Å². The van der Waals surface area contributed by atoms with Crippen molar-refractivity contribution in [2.75, 3.05) is 0 Å². The third-order valence-corrected chi connectivity index (χ3v) is 3.16. The fourth-order valence-electron chi connectivity index (χ4n) is 1.76. The highest BCUT2D eigenvalue weighted by atomic mass is 32.1. The lowest BCUT2D eigenvalue weighted by Crippen LogP contribution is -2.33. The number of urea groups is 1. The molecule has 0 radical (unpaired) electrons. The van der Waals surface area contributed by atoms with Crippen molar-refractivity contribution in [1.29, 1.82) is 0 Å². The zero-order valence-electron chi connectivity index (χ0n) is 8.92. The number of hydrogen-bond acceptors (Lipinski definition) is 2. The highest BCUT2D eigenvalue weighted by molar-refractivity contribution is 7.80. The Morgan fingerprint density at radius 3 is 2.71 bits per heavy atom. The SMILES string of the molecule is CCCCC(S)C[C@H]1NC(=O)N[C@H]1C. The molecular weight excluding hydrogens is 196 g/mol. The van der Waals surface area contributed by atoms with Gasteiger partial charge in [-0.05, 0) is 19.8 Å². The first-order valence-electron chi connectivity index (χ1n) is 5.38. The second-order valence-corrected chi connectivity index (χ2v) is 4.78. The van der Waals surface area contributed by atoms with Crippen LogP contribution in [0, 0.1) is 0 Å². The Morgan fingerprint density at radius 2 is 2.21 bits per heavy atom. The monoisotopic (exact) mass is 216 g/mol. The van der Waals surface area contributed by atoms with E-state index in [9.17, 15) is 4.79 Å². The van der Waals surface area contributed by atoms with Crippen LogP contribution in [0.25, 0.3) is 0 Å². The van der Waals surface area contributed by atoms with Gasteiger partial charge in [0.1, 0.15) is 0 Å². The van der Waals surface area contributed by atoms with Crippen LogP contribution in [0.4, 0.5) is 4.79 Å². The Balaban J connectivity index is 2.26. The molecule has 2 amide bonds. The predicted molar refractivity (Wildman–Crippen MR) is 61.8 cm³/mol. The Morgan fingerprint density at radius 1 is 1.50 bits per heavy atom. The molecule has 1 aliphatic heterocycles. The summed E-state index contributed by atoms with van der Waals surface area (Å²) < 4.78 is 0. The Kier molecular flexibility index (Phi) is 4.58. The molecule has 0 bridgehead atoms. The maximum Gasteiger partial charge on any atom is 0.315 e. The Hall–Kier alpha value is -0.380. The van der Waals surface area contributed by atoms with Crippen LogP contribution in [0.1, 0.15) is 39.5 Å². The van der Waals surface area contributed by atoms with E-state index in [2.05, 4.69) is 30.2 Å². The highest BCUT2D eigenvalue weighted by Gasteiger charge is 2.28. The van der Waals surface area contributed by atoms with E-state index in [1.807, 2.05) is 6.92 Å². The quantitative estimate of drug-likeness (QED) is 0.604. The number of hydrogen-bond donors (Lipinski definition) is 3. The van der Waals surface area contributed by atoms with Gasteiger partial charge in [0.15, 0.2) is 0 Å². The van der Waals surface area contributed by atoms with Crippen LogP contribution in [-0.4, -0.2) is 23.4 Å². The van der Waals surface area contributed by atoms with Crippen LogP contribution in [0.15, 0.2) is 0 Å². The van der Waals surface area contributed by atoms with Gasteiger partial charge in [0, 0.05) is 11.3 Å². The lowest BCUT2D eigenvalue weighted by molar-refractivity contribution is 0.247. The summed E-state index contributed by atoms with van der Waals surface area (Å²) in [6.45, 7) is 4.21. The lowest BCUT2D eigenvalue weighted by atomic mass is 10.0. The molecule has 1 fully saturated rings. The number of thiol groups is 1. The predicted octanol–water partition coefficient (Wildman–Crippen LogP) is 1.94. The van der Waals surface area contributed by atoms with Crippen LogP contribution in [0.2, 0.25) is 0 Å². The molecule has 0 aliphatic carbocycles. The summed E-state index contributed by atoms with van der Waals surface area (Å²) in [6.07, 6.45) is 4.53. The third-order valence-electron chi connectivity index (χ3n) is 2.70. The first kappa shape index (κ1) is 11.7. The molecule has 82 valence electrons. The number of rotatable bonds is 5. The molecule has 1 aliphatic rings. The van der Waals surface area contributed by atoms with Crippen LogP contribution in [0.3, 0.4) is 0 Å². The van der Waals surface area contributed by atoms with E-state index < -0.39 is 0 Å². The van der Waals surface area contributed by atoms with Crippen LogP contribution < -0.4 is 10.6 Å². The van der Waals surface area contributed by atoms with Crippen molar-refractivity contribution in [3.8, 4) is 0 Å². The Labute approximate surface area is 91.4 Å². The van der Waals surface area contributed by atoms with E-state index in [0.29, 0.717) is 5.25 Å².